The molecule has 0 N–H and O–H groups in total. The Morgan fingerprint density at radius 3 is 1.00 bits per heavy atom. The molecule has 6 nitrogen and oxygen atoms in total. The maximum atomic E-state index is 13.4. The van der Waals surface area contributed by atoms with E-state index in [4.69, 9.17) is 9.47 Å². The number of hydrogen-bond acceptors (Lipinski definition) is 6. The number of esters is 2. The molecule has 0 aliphatic heterocycles. The van der Waals surface area contributed by atoms with Gasteiger partial charge in [0.05, 0.1) is 0 Å². The van der Waals surface area contributed by atoms with Crippen molar-refractivity contribution >= 4 is 23.5 Å². The number of rotatable bonds is 12. The molecule has 0 aromatic heterocycles. The lowest BCUT2D eigenvalue weighted by Crippen LogP contribution is -2.24. The Labute approximate surface area is 245 Å². The first-order valence-electron chi connectivity index (χ1n) is 13.7. The number of carbonyl (C=O) groups excluding carboxylic acids is 4. The molecule has 0 radical (unpaired) electrons. The Bertz CT molecular complexity index is 1400. The average Bonchev–Trinajstić information content (AvgIpc) is 3.05. The third kappa shape index (κ3) is 7.76. The van der Waals surface area contributed by atoms with Crippen LogP contribution in [-0.4, -0.2) is 23.5 Å². The summed E-state index contributed by atoms with van der Waals surface area (Å²) in [5.41, 5.74) is 2.61. The van der Waals surface area contributed by atoms with Crippen molar-refractivity contribution in [3.63, 3.8) is 0 Å². The molecule has 4 unspecified atom stereocenters. The van der Waals surface area contributed by atoms with Crippen molar-refractivity contribution in [1.82, 2.24) is 0 Å². The van der Waals surface area contributed by atoms with E-state index in [-0.39, 0.29) is 11.6 Å². The van der Waals surface area contributed by atoms with Crippen molar-refractivity contribution in [1.29, 1.82) is 0 Å². The quantitative estimate of drug-likeness (QED) is 0.139. The highest BCUT2D eigenvalue weighted by molar-refractivity contribution is 5.97. The van der Waals surface area contributed by atoms with E-state index < -0.39 is 36.0 Å². The van der Waals surface area contributed by atoms with Crippen LogP contribution in [0.15, 0.2) is 133 Å². The van der Waals surface area contributed by atoms with Gasteiger partial charge in [-0.15, -0.1) is 0 Å². The third-order valence-electron chi connectivity index (χ3n) is 7.00. The monoisotopic (exact) mass is 560 g/mol. The molecule has 0 saturated heterocycles. The summed E-state index contributed by atoms with van der Waals surface area (Å²) in [6.07, 6.45) is -0.544. The first-order chi connectivity index (χ1) is 20.3. The zero-order chi connectivity index (χ0) is 29.9. The lowest BCUT2D eigenvalue weighted by atomic mass is 9.91. The van der Waals surface area contributed by atoms with Crippen molar-refractivity contribution in [3.8, 4) is 0 Å². The fourth-order valence-corrected chi connectivity index (χ4v) is 4.55. The number of hydrogen-bond donors (Lipinski definition) is 0. The van der Waals surface area contributed by atoms with Gasteiger partial charge in [0, 0.05) is 35.1 Å². The minimum atomic E-state index is -1.18. The molecule has 4 atom stereocenters. The normalized spacial score (nSPS) is 13.9. The smallest absolute Gasteiger partial charge is 0.332 e. The standard InChI is InChI=1S/C36H32O6/c1-25(27-15-7-3-8-16-27)33(39)35(29-19-11-5-12-20-29)41-31(37)23-24-32(38)42-36(30-21-13-6-14-22-30)34(40)26(2)28-17-9-4-10-18-28/h3-26,35-36H,1-2H3/b24-23+. The zero-order valence-electron chi connectivity index (χ0n) is 23.5. The van der Waals surface area contributed by atoms with Crippen LogP contribution in [0.2, 0.25) is 0 Å². The van der Waals surface area contributed by atoms with Crippen LogP contribution < -0.4 is 0 Å². The highest BCUT2D eigenvalue weighted by Crippen LogP contribution is 2.29. The Hall–Kier alpha value is -5.10. The fraction of sp³-hybridized carbons (Fsp3) is 0.167. The molecule has 4 aromatic carbocycles. The van der Waals surface area contributed by atoms with E-state index in [1.54, 1.807) is 74.5 Å². The van der Waals surface area contributed by atoms with Crippen LogP contribution in [0.4, 0.5) is 0 Å². The van der Waals surface area contributed by atoms with Gasteiger partial charge in [0.1, 0.15) is 0 Å². The number of carbonyl (C=O) groups is 4. The molecule has 6 heteroatoms. The summed E-state index contributed by atoms with van der Waals surface area (Å²) in [6.45, 7) is 3.51. The maximum Gasteiger partial charge on any atom is 0.332 e. The fourth-order valence-electron chi connectivity index (χ4n) is 4.55. The van der Waals surface area contributed by atoms with E-state index in [0.29, 0.717) is 11.1 Å². The van der Waals surface area contributed by atoms with Gasteiger partial charge >= 0.3 is 11.9 Å². The van der Waals surface area contributed by atoms with Gasteiger partial charge in [-0.1, -0.05) is 135 Å². The van der Waals surface area contributed by atoms with Crippen LogP contribution in [0.1, 0.15) is 60.1 Å². The molecule has 212 valence electrons. The van der Waals surface area contributed by atoms with Gasteiger partial charge in [-0.25, -0.2) is 9.59 Å². The second-order valence-electron chi connectivity index (χ2n) is 9.86. The molecular formula is C36H32O6. The molecule has 4 aromatic rings. The van der Waals surface area contributed by atoms with Crippen molar-refractivity contribution in [2.45, 2.75) is 37.9 Å². The molecule has 0 heterocycles. The molecule has 0 fully saturated rings. The topological polar surface area (TPSA) is 86.7 Å². The predicted molar refractivity (Wildman–Crippen MR) is 159 cm³/mol. The first-order valence-corrected chi connectivity index (χ1v) is 13.7. The summed E-state index contributed by atoms with van der Waals surface area (Å²) in [6, 6.07) is 35.8. The number of ketones is 2. The zero-order valence-corrected chi connectivity index (χ0v) is 23.5. The summed E-state index contributed by atoms with van der Waals surface area (Å²) in [5.74, 6) is -3.48. The lowest BCUT2D eigenvalue weighted by Gasteiger charge is -2.21. The first kappa shape index (κ1) is 29.9. The molecule has 0 spiro atoms. The minimum Gasteiger partial charge on any atom is -0.446 e. The SMILES string of the molecule is CC(C(=O)C(OC(=O)/C=C/C(=O)OC(C(=O)C(C)c1ccccc1)c1ccccc1)c1ccccc1)c1ccccc1. The lowest BCUT2D eigenvalue weighted by molar-refractivity contribution is -0.153. The molecule has 0 aliphatic carbocycles. The summed E-state index contributed by atoms with van der Waals surface area (Å²) >= 11 is 0. The van der Waals surface area contributed by atoms with E-state index in [0.717, 1.165) is 23.3 Å². The van der Waals surface area contributed by atoms with E-state index in [9.17, 15) is 19.2 Å². The average molecular weight is 561 g/mol. The molecule has 0 bridgehead atoms. The molecular weight excluding hydrogens is 528 g/mol. The van der Waals surface area contributed by atoms with Crippen LogP contribution in [0.25, 0.3) is 0 Å². The third-order valence-corrected chi connectivity index (χ3v) is 7.00. The predicted octanol–water partition coefficient (Wildman–Crippen LogP) is 6.86. The second kappa shape index (κ2) is 14.5. The summed E-state index contributed by atoms with van der Waals surface area (Å²) in [4.78, 5) is 52.6. The van der Waals surface area contributed by atoms with Crippen molar-refractivity contribution in [3.05, 3.63) is 156 Å². The van der Waals surface area contributed by atoms with Gasteiger partial charge in [-0.05, 0) is 11.1 Å². The van der Waals surface area contributed by atoms with Crippen LogP contribution >= 0.6 is 0 Å². The van der Waals surface area contributed by atoms with E-state index >= 15 is 0 Å². The Kier molecular flexibility index (Phi) is 10.3. The largest absolute Gasteiger partial charge is 0.446 e. The van der Waals surface area contributed by atoms with Gasteiger partial charge in [-0.2, -0.15) is 0 Å². The van der Waals surface area contributed by atoms with Crippen LogP contribution in [-0.2, 0) is 28.7 Å². The summed E-state index contributed by atoms with van der Waals surface area (Å²) < 4.78 is 11.1. The van der Waals surface area contributed by atoms with Gasteiger partial charge in [0.2, 0.25) is 0 Å². The minimum absolute atomic E-state index is 0.304. The molecule has 0 saturated carbocycles. The summed E-state index contributed by atoms with van der Waals surface area (Å²) in [7, 11) is 0. The Morgan fingerprint density at radius 1 is 0.452 bits per heavy atom. The van der Waals surface area contributed by atoms with Crippen LogP contribution in [0.3, 0.4) is 0 Å². The number of ether oxygens (including phenoxy) is 2. The van der Waals surface area contributed by atoms with Crippen molar-refractivity contribution in [2.24, 2.45) is 0 Å². The number of Topliss-reactive ketones (excluding diaryl/α,β-unsaturated/α-hetero) is 2. The van der Waals surface area contributed by atoms with Crippen LogP contribution in [0.5, 0.6) is 0 Å². The molecule has 0 amide bonds. The van der Waals surface area contributed by atoms with E-state index in [2.05, 4.69) is 0 Å². The van der Waals surface area contributed by atoms with Gasteiger partial charge in [0.15, 0.2) is 23.8 Å². The maximum absolute atomic E-state index is 13.4. The molecule has 4 rings (SSSR count). The van der Waals surface area contributed by atoms with Crippen molar-refractivity contribution < 1.29 is 28.7 Å². The summed E-state index contributed by atoms with van der Waals surface area (Å²) in [5, 5.41) is 0. The second-order valence-corrected chi connectivity index (χ2v) is 9.86. The highest BCUT2D eigenvalue weighted by atomic mass is 16.6. The van der Waals surface area contributed by atoms with E-state index in [1.807, 2.05) is 60.7 Å². The highest BCUT2D eigenvalue weighted by Gasteiger charge is 2.31. The van der Waals surface area contributed by atoms with Crippen LogP contribution in [0, 0.1) is 0 Å². The molecule has 42 heavy (non-hydrogen) atoms. The van der Waals surface area contributed by atoms with Crippen molar-refractivity contribution in [2.75, 3.05) is 0 Å². The van der Waals surface area contributed by atoms with E-state index in [1.165, 1.54) is 0 Å². The molecule has 0 aliphatic rings. The van der Waals surface area contributed by atoms with Gasteiger partial charge in [0.25, 0.3) is 0 Å². The van der Waals surface area contributed by atoms with Gasteiger partial charge < -0.3 is 9.47 Å². The Morgan fingerprint density at radius 2 is 0.714 bits per heavy atom. The Balaban J connectivity index is 1.49. The number of benzene rings is 4. The van der Waals surface area contributed by atoms with Gasteiger partial charge in [-0.3, -0.25) is 9.59 Å².